The van der Waals surface area contributed by atoms with E-state index in [1.54, 1.807) is 57.2 Å². The smallest absolute Gasteiger partial charge is 0.338 e. The van der Waals surface area contributed by atoms with E-state index < -0.39 is 66.4 Å². The van der Waals surface area contributed by atoms with Crippen molar-refractivity contribution in [3.8, 4) is 0 Å². The Labute approximate surface area is 298 Å². The molecule has 1 aliphatic heterocycles. The number of rotatable bonds is 16. The normalized spacial score (nSPS) is 19.7. The Morgan fingerprint density at radius 3 is 2.43 bits per heavy atom. The van der Waals surface area contributed by atoms with Crippen LogP contribution in [-0.2, 0) is 44.5 Å². The fraction of sp³-hybridized carbons (Fsp3) is 0.474. The van der Waals surface area contributed by atoms with Gasteiger partial charge in [0.2, 0.25) is 11.8 Å². The molecule has 2 amide bonds. The molecule has 3 N–H and O–H groups in total. The molecule has 1 fully saturated rings. The van der Waals surface area contributed by atoms with Crippen LogP contribution in [0.2, 0.25) is 0 Å². The minimum Gasteiger partial charge on any atom is -0.499 e. The zero-order chi connectivity index (χ0) is 37.0. The second-order valence-electron chi connectivity index (χ2n) is 13.4. The number of amides is 2. The lowest BCUT2D eigenvalue weighted by atomic mass is 9.90. The predicted octanol–water partition coefficient (Wildman–Crippen LogP) is 2.93. The SMILES string of the molecule is CN(C(=O)C1=CC2OCOC2C(OC(=O)c2ccc(C=COCCO)cc2)C1)C(Cc1ccccc1)C(=O)NC(CO)CCC(=O)OC(C)(C)C. The molecule has 1 aliphatic carbocycles. The second kappa shape index (κ2) is 18.6. The van der Waals surface area contributed by atoms with Crippen LogP contribution in [0.15, 0.2) is 72.5 Å². The average Bonchev–Trinajstić information content (AvgIpc) is 3.59. The summed E-state index contributed by atoms with van der Waals surface area (Å²) in [6.45, 7) is 4.90. The van der Waals surface area contributed by atoms with Crippen LogP contribution in [0.3, 0.4) is 0 Å². The molecule has 2 aromatic carbocycles. The summed E-state index contributed by atoms with van der Waals surface area (Å²) in [7, 11) is 1.52. The van der Waals surface area contributed by atoms with Crippen molar-refractivity contribution in [3.63, 3.8) is 0 Å². The summed E-state index contributed by atoms with van der Waals surface area (Å²) in [6.07, 6.45) is 3.01. The van der Waals surface area contributed by atoms with E-state index in [2.05, 4.69) is 5.32 Å². The number of benzene rings is 2. The van der Waals surface area contributed by atoms with Crippen LogP contribution in [0.5, 0.6) is 0 Å². The van der Waals surface area contributed by atoms with Crippen LogP contribution in [-0.4, -0.2) is 109 Å². The van der Waals surface area contributed by atoms with Gasteiger partial charge in [-0.3, -0.25) is 14.4 Å². The lowest BCUT2D eigenvalue weighted by Gasteiger charge is -2.34. The number of hydrogen-bond acceptors (Lipinski definition) is 11. The number of nitrogens with one attached hydrogen (secondary N) is 1. The van der Waals surface area contributed by atoms with Gasteiger partial charge in [0.05, 0.1) is 31.1 Å². The van der Waals surface area contributed by atoms with Crippen molar-refractivity contribution in [1.82, 2.24) is 10.2 Å². The van der Waals surface area contributed by atoms with Crippen molar-refractivity contribution < 1.29 is 53.1 Å². The molecule has 13 nitrogen and oxygen atoms in total. The summed E-state index contributed by atoms with van der Waals surface area (Å²) >= 11 is 0. The van der Waals surface area contributed by atoms with Gasteiger partial charge in [0.1, 0.15) is 43.4 Å². The van der Waals surface area contributed by atoms with Crippen LogP contribution in [0, 0.1) is 0 Å². The minimum atomic E-state index is -0.988. The Kier molecular flexibility index (Phi) is 14.3. The standard InChI is InChI=1S/C38H48N2O11/c1-38(2,3)51-33(43)15-14-29(23-42)39-35(44)30(20-26-8-6-5-7-9-26)40(4)36(45)28-21-31-34(49-24-48-31)32(22-28)50-37(46)27-12-10-25(11-13-27)16-18-47-19-17-41/h5-13,16,18,21,29-32,34,41-42H,14-15,17,19-20,22-24H2,1-4H3,(H,39,44). The fourth-order valence-corrected chi connectivity index (χ4v) is 5.70. The van der Waals surface area contributed by atoms with Gasteiger partial charge in [0.25, 0.3) is 0 Å². The molecule has 13 heteroatoms. The number of likely N-dealkylation sites (N-methyl/N-ethyl adjacent to an activating group) is 1. The number of ether oxygens (including phenoxy) is 5. The highest BCUT2D eigenvalue weighted by atomic mass is 16.7. The number of nitrogens with zero attached hydrogens (tertiary/aromatic N) is 1. The molecule has 4 rings (SSSR count). The topological polar surface area (TPSA) is 170 Å². The summed E-state index contributed by atoms with van der Waals surface area (Å²) in [5, 5.41) is 21.7. The third-order valence-corrected chi connectivity index (χ3v) is 8.29. The van der Waals surface area contributed by atoms with Crippen molar-refractivity contribution in [2.45, 2.75) is 82.5 Å². The van der Waals surface area contributed by atoms with E-state index in [0.717, 1.165) is 11.1 Å². The largest absolute Gasteiger partial charge is 0.499 e. The van der Waals surface area contributed by atoms with Crippen LogP contribution in [0.1, 0.15) is 61.5 Å². The third kappa shape index (κ3) is 11.7. The molecule has 5 unspecified atom stereocenters. The van der Waals surface area contributed by atoms with Crippen LogP contribution in [0.4, 0.5) is 0 Å². The molecule has 0 bridgehead atoms. The molecule has 1 heterocycles. The number of carbonyl (C=O) groups excluding carboxylic acids is 4. The molecule has 0 spiro atoms. The quantitative estimate of drug-likeness (QED) is 0.133. The Morgan fingerprint density at radius 2 is 1.76 bits per heavy atom. The first-order valence-corrected chi connectivity index (χ1v) is 17.0. The van der Waals surface area contributed by atoms with E-state index in [-0.39, 0.29) is 45.7 Å². The van der Waals surface area contributed by atoms with E-state index in [9.17, 15) is 24.3 Å². The van der Waals surface area contributed by atoms with Crippen molar-refractivity contribution in [1.29, 1.82) is 0 Å². The van der Waals surface area contributed by atoms with Crippen molar-refractivity contribution in [2.24, 2.45) is 0 Å². The summed E-state index contributed by atoms with van der Waals surface area (Å²) in [6, 6.07) is 14.1. The van der Waals surface area contributed by atoms with Gasteiger partial charge in [0, 0.05) is 31.9 Å². The van der Waals surface area contributed by atoms with Gasteiger partial charge >= 0.3 is 11.9 Å². The van der Waals surface area contributed by atoms with Crippen molar-refractivity contribution in [3.05, 3.63) is 89.2 Å². The van der Waals surface area contributed by atoms with Gasteiger partial charge in [-0.2, -0.15) is 0 Å². The molecule has 0 saturated carbocycles. The number of fused-ring (bicyclic) bond motifs is 1. The number of carbonyl (C=O) groups is 4. The summed E-state index contributed by atoms with van der Waals surface area (Å²) < 4.78 is 27.8. The van der Waals surface area contributed by atoms with Gasteiger partial charge in [-0.15, -0.1) is 0 Å². The lowest BCUT2D eigenvalue weighted by molar-refractivity contribution is -0.155. The number of esters is 2. The first-order chi connectivity index (χ1) is 24.4. The van der Waals surface area contributed by atoms with Crippen molar-refractivity contribution in [2.75, 3.05) is 33.7 Å². The zero-order valence-electron chi connectivity index (χ0n) is 29.5. The fourth-order valence-electron chi connectivity index (χ4n) is 5.70. The van der Waals surface area contributed by atoms with Crippen LogP contribution < -0.4 is 5.32 Å². The number of aliphatic hydroxyl groups is 2. The average molecular weight is 709 g/mol. The second-order valence-corrected chi connectivity index (χ2v) is 13.4. The van der Waals surface area contributed by atoms with Gasteiger partial charge in [-0.05, 0) is 62.6 Å². The van der Waals surface area contributed by atoms with Gasteiger partial charge in [-0.25, -0.2) is 4.79 Å². The highest BCUT2D eigenvalue weighted by molar-refractivity contribution is 5.97. The minimum absolute atomic E-state index is 0.0138. The first-order valence-electron chi connectivity index (χ1n) is 17.0. The maximum absolute atomic E-state index is 14.1. The summed E-state index contributed by atoms with van der Waals surface area (Å²) in [5.41, 5.74) is 1.50. The van der Waals surface area contributed by atoms with E-state index in [1.807, 2.05) is 30.3 Å². The van der Waals surface area contributed by atoms with E-state index >= 15 is 0 Å². The highest BCUT2D eigenvalue weighted by Gasteiger charge is 2.43. The van der Waals surface area contributed by atoms with Gasteiger partial charge in [-0.1, -0.05) is 42.5 Å². The molecule has 0 radical (unpaired) electrons. The Morgan fingerprint density at radius 1 is 1.04 bits per heavy atom. The van der Waals surface area contributed by atoms with Gasteiger partial charge < -0.3 is 44.1 Å². The Bertz CT molecular complexity index is 1540. The van der Waals surface area contributed by atoms with E-state index in [0.29, 0.717) is 11.1 Å². The molecular weight excluding hydrogens is 660 g/mol. The number of hydrogen-bond donors (Lipinski definition) is 3. The molecule has 1 saturated heterocycles. The zero-order valence-corrected chi connectivity index (χ0v) is 29.5. The summed E-state index contributed by atoms with van der Waals surface area (Å²) in [4.78, 5) is 54.7. The highest BCUT2D eigenvalue weighted by Crippen LogP contribution is 2.32. The molecule has 5 atom stereocenters. The van der Waals surface area contributed by atoms with Crippen LogP contribution >= 0.6 is 0 Å². The Hall–Kier alpha value is -4.56. The maximum atomic E-state index is 14.1. The molecule has 2 aromatic rings. The lowest BCUT2D eigenvalue weighted by Crippen LogP contribution is -2.53. The third-order valence-electron chi connectivity index (χ3n) is 8.29. The maximum Gasteiger partial charge on any atom is 0.338 e. The molecule has 276 valence electrons. The molecular formula is C38H48N2O11. The number of aliphatic hydroxyl groups excluding tert-OH is 2. The monoisotopic (exact) mass is 708 g/mol. The summed E-state index contributed by atoms with van der Waals surface area (Å²) in [5.74, 6) is -2.02. The first kappa shape index (κ1) is 39.2. The molecule has 0 aromatic heterocycles. The van der Waals surface area contributed by atoms with Crippen LogP contribution in [0.25, 0.3) is 6.08 Å². The van der Waals surface area contributed by atoms with E-state index in [1.165, 1.54) is 18.2 Å². The van der Waals surface area contributed by atoms with Gasteiger partial charge in [0.15, 0.2) is 0 Å². The van der Waals surface area contributed by atoms with E-state index in [4.69, 9.17) is 28.8 Å². The van der Waals surface area contributed by atoms with Crippen molar-refractivity contribution >= 4 is 29.8 Å². The predicted molar refractivity (Wildman–Crippen MR) is 186 cm³/mol. The molecule has 51 heavy (non-hydrogen) atoms. The molecule has 2 aliphatic rings. The Balaban J connectivity index is 1.47.